The zero-order valence-corrected chi connectivity index (χ0v) is 29.5. The molecule has 258 valence electrons. The Kier molecular flexibility index (Phi) is 11.4. The molecule has 1 fully saturated rings. The molecule has 4 aromatic rings. The molecule has 14 heteroatoms. The number of halogens is 2. The summed E-state index contributed by atoms with van der Waals surface area (Å²) in [5, 5.41) is 14.2. The Morgan fingerprint density at radius 3 is 2.43 bits per heavy atom. The number of fused-ring (bicyclic) bond motifs is 1. The zero-order chi connectivity index (χ0) is 35.3. The van der Waals surface area contributed by atoms with Gasteiger partial charge >= 0.3 is 0 Å². The fourth-order valence-electron chi connectivity index (χ4n) is 5.83. The van der Waals surface area contributed by atoms with Gasteiger partial charge in [0.25, 0.3) is 5.91 Å². The molecule has 0 spiro atoms. The summed E-state index contributed by atoms with van der Waals surface area (Å²) in [6.07, 6.45) is 2.07. The number of carbonyl (C=O) groups excluding carboxylic acids is 2. The van der Waals surface area contributed by atoms with E-state index in [-0.39, 0.29) is 39.8 Å². The Hall–Kier alpha value is -4.23. The number of nitrogens with one attached hydrogen (secondary N) is 3. The van der Waals surface area contributed by atoms with Crippen LogP contribution >= 0.6 is 23.2 Å². The number of carbonyl (C=O) groups is 2. The molecule has 1 aliphatic rings. The number of amides is 2. The van der Waals surface area contributed by atoms with Crippen molar-refractivity contribution in [2.45, 2.75) is 57.1 Å². The van der Waals surface area contributed by atoms with Crippen LogP contribution in [-0.4, -0.2) is 61.0 Å². The molecule has 1 aliphatic heterocycles. The number of ether oxygens (including phenoxy) is 1. The van der Waals surface area contributed by atoms with Crippen molar-refractivity contribution in [3.8, 4) is 5.75 Å². The van der Waals surface area contributed by atoms with Gasteiger partial charge in [0.15, 0.2) is 0 Å². The van der Waals surface area contributed by atoms with Crippen LogP contribution in [0.15, 0.2) is 65.6 Å². The van der Waals surface area contributed by atoms with E-state index in [1.807, 2.05) is 32.0 Å². The van der Waals surface area contributed by atoms with Crippen LogP contribution in [0, 0.1) is 19.3 Å². The molecule has 1 atom stereocenters. The lowest BCUT2D eigenvalue weighted by Crippen LogP contribution is -2.46. The SMILES string of the molecule is Cc1cc(C)c2cccc(OCc3c(Cl)ccc(S(=O)(=O)N4CCC[C@H]4C(=O)NCCCCNC(=O)c4ccc(C(=N)N)cc4)c3Cl)c2n1. The maximum absolute atomic E-state index is 13.9. The third-order valence-corrected chi connectivity index (χ3v) is 11.2. The number of para-hydroxylation sites is 1. The average molecular weight is 726 g/mol. The van der Waals surface area contributed by atoms with E-state index in [0.29, 0.717) is 66.7 Å². The molecule has 0 unspecified atom stereocenters. The third kappa shape index (κ3) is 8.16. The minimum Gasteiger partial charge on any atom is -0.487 e. The second-order valence-corrected chi connectivity index (χ2v) is 14.5. The Labute approximate surface area is 295 Å². The topological polar surface area (TPSA) is 168 Å². The van der Waals surface area contributed by atoms with E-state index in [1.165, 1.54) is 16.4 Å². The maximum Gasteiger partial charge on any atom is 0.251 e. The molecular weight excluding hydrogens is 687 g/mol. The molecule has 5 N–H and O–H groups in total. The van der Waals surface area contributed by atoms with Crippen LogP contribution in [0.25, 0.3) is 10.9 Å². The quantitative estimate of drug-likeness (QED) is 0.0802. The average Bonchev–Trinajstić information content (AvgIpc) is 3.58. The number of nitrogens with zero attached hydrogens (tertiary/aromatic N) is 2. The molecular formula is C35H38Cl2N6O5S. The van der Waals surface area contributed by atoms with Crippen LogP contribution < -0.4 is 21.1 Å². The van der Waals surface area contributed by atoms with Crippen molar-refractivity contribution in [1.29, 1.82) is 5.41 Å². The van der Waals surface area contributed by atoms with Gasteiger partial charge in [0.05, 0.1) is 5.02 Å². The fraction of sp³-hybridized carbons (Fsp3) is 0.314. The van der Waals surface area contributed by atoms with Gasteiger partial charge in [0.1, 0.15) is 34.6 Å². The van der Waals surface area contributed by atoms with Gasteiger partial charge in [0, 0.05) is 52.4 Å². The number of hydrogen-bond donors (Lipinski definition) is 4. The van der Waals surface area contributed by atoms with Gasteiger partial charge in [-0.05, 0) is 81.5 Å². The lowest BCUT2D eigenvalue weighted by Gasteiger charge is -2.24. The first-order chi connectivity index (χ1) is 23.4. The summed E-state index contributed by atoms with van der Waals surface area (Å²) in [5.74, 6) is -0.198. The van der Waals surface area contributed by atoms with E-state index in [9.17, 15) is 18.0 Å². The molecule has 2 heterocycles. The van der Waals surface area contributed by atoms with Crippen LogP contribution in [-0.2, 0) is 21.4 Å². The van der Waals surface area contributed by atoms with Gasteiger partial charge in [0.2, 0.25) is 15.9 Å². The lowest BCUT2D eigenvalue weighted by atomic mass is 10.1. The molecule has 0 aliphatic carbocycles. The van der Waals surface area contributed by atoms with Crippen LogP contribution in [0.3, 0.4) is 0 Å². The van der Waals surface area contributed by atoms with E-state index < -0.39 is 22.0 Å². The standard InChI is InChI=1S/C35H38Cl2N6O5S/c1-21-19-22(2)42-32-25(21)7-5-9-29(32)48-20-26-27(36)14-15-30(31(26)37)49(46,47)43-18-6-8-28(43)35(45)41-17-4-3-16-40-34(44)24-12-10-23(11-13-24)33(38)39/h5,7,9-15,19,28H,3-4,6,8,16-18,20H2,1-2H3,(H3,38,39)(H,40,44)(H,41,45)/t28-/m0/s1. The summed E-state index contributed by atoms with van der Waals surface area (Å²) in [6, 6.07) is 16.0. The van der Waals surface area contributed by atoms with Gasteiger partial charge in [-0.2, -0.15) is 4.31 Å². The smallest absolute Gasteiger partial charge is 0.251 e. The van der Waals surface area contributed by atoms with Crippen molar-refractivity contribution in [1.82, 2.24) is 19.9 Å². The molecule has 3 aromatic carbocycles. The highest BCUT2D eigenvalue weighted by atomic mass is 35.5. The van der Waals surface area contributed by atoms with Crippen LogP contribution in [0.5, 0.6) is 5.75 Å². The van der Waals surface area contributed by atoms with Crippen molar-refractivity contribution in [2.75, 3.05) is 19.6 Å². The number of sulfonamides is 1. The second-order valence-electron chi connectivity index (χ2n) is 11.9. The highest BCUT2D eigenvalue weighted by Crippen LogP contribution is 2.36. The van der Waals surface area contributed by atoms with Crippen LogP contribution in [0.4, 0.5) is 0 Å². The number of amidine groups is 1. The Balaban J connectivity index is 1.18. The fourth-order valence-corrected chi connectivity index (χ4v) is 8.35. The minimum atomic E-state index is -4.17. The largest absolute Gasteiger partial charge is 0.487 e. The predicted molar refractivity (Wildman–Crippen MR) is 191 cm³/mol. The first-order valence-electron chi connectivity index (χ1n) is 15.9. The van der Waals surface area contributed by atoms with Crippen molar-refractivity contribution < 1.29 is 22.7 Å². The van der Waals surface area contributed by atoms with Crippen molar-refractivity contribution >= 4 is 61.8 Å². The van der Waals surface area contributed by atoms with Gasteiger partial charge in [-0.1, -0.05) is 47.5 Å². The number of unbranched alkanes of at least 4 members (excludes halogenated alkanes) is 1. The summed E-state index contributed by atoms with van der Waals surface area (Å²) in [7, 11) is -4.17. The van der Waals surface area contributed by atoms with Crippen LogP contribution in [0.2, 0.25) is 10.0 Å². The van der Waals surface area contributed by atoms with Crippen LogP contribution in [0.1, 0.15) is 58.4 Å². The summed E-state index contributed by atoms with van der Waals surface area (Å²) >= 11 is 13.2. The molecule has 2 amide bonds. The monoisotopic (exact) mass is 724 g/mol. The molecule has 5 rings (SSSR count). The van der Waals surface area contributed by atoms with E-state index in [0.717, 1.165) is 16.6 Å². The minimum absolute atomic E-state index is 0.0593. The van der Waals surface area contributed by atoms with E-state index in [4.69, 9.17) is 39.1 Å². The highest BCUT2D eigenvalue weighted by Gasteiger charge is 2.40. The number of hydrogen-bond acceptors (Lipinski definition) is 7. The molecule has 0 radical (unpaired) electrons. The number of pyridine rings is 1. The number of nitrogens with two attached hydrogens (primary N) is 1. The van der Waals surface area contributed by atoms with Crippen molar-refractivity contribution in [3.63, 3.8) is 0 Å². The summed E-state index contributed by atoms with van der Waals surface area (Å²) < 4.78 is 35.1. The normalized spacial score (nSPS) is 14.9. The van der Waals surface area contributed by atoms with E-state index in [1.54, 1.807) is 30.3 Å². The highest BCUT2D eigenvalue weighted by molar-refractivity contribution is 7.89. The van der Waals surface area contributed by atoms with E-state index >= 15 is 0 Å². The summed E-state index contributed by atoms with van der Waals surface area (Å²) in [4.78, 5) is 30.0. The van der Waals surface area contributed by atoms with Gasteiger partial charge in [-0.3, -0.25) is 15.0 Å². The zero-order valence-electron chi connectivity index (χ0n) is 27.2. The molecule has 1 aromatic heterocycles. The van der Waals surface area contributed by atoms with E-state index in [2.05, 4.69) is 15.6 Å². The maximum atomic E-state index is 13.9. The Bertz CT molecular complexity index is 2010. The Morgan fingerprint density at radius 2 is 1.71 bits per heavy atom. The van der Waals surface area contributed by atoms with Gasteiger partial charge in [-0.15, -0.1) is 0 Å². The Morgan fingerprint density at radius 1 is 1.02 bits per heavy atom. The molecule has 0 bridgehead atoms. The number of nitrogen functional groups attached to an aromatic ring is 1. The summed E-state index contributed by atoms with van der Waals surface area (Å²) in [5.41, 5.74) is 9.33. The first kappa shape index (κ1) is 36.1. The second kappa shape index (κ2) is 15.5. The lowest BCUT2D eigenvalue weighted by molar-refractivity contribution is -0.124. The number of aromatic nitrogens is 1. The third-order valence-electron chi connectivity index (χ3n) is 8.40. The number of rotatable bonds is 13. The van der Waals surface area contributed by atoms with Gasteiger partial charge in [-0.25, -0.2) is 13.4 Å². The first-order valence-corrected chi connectivity index (χ1v) is 18.1. The van der Waals surface area contributed by atoms with Gasteiger partial charge < -0.3 is 21.1 Å². The number of aryl methyl sites for hydroxylation is 2. The molecule has 1 saturated heterocycles. The molecule has 49 heavy (non-hydrogen) atoms. The molecule has 11 nitrogen and oxygen atoms in total. The molecule has 0 saturated carbocycles. The van der Waals surface area contributed by atoms with Crippen molar-refractivity contribution in [2.24, 2.45) is 5.73 Å². The number of benzene rings is 3. The van der Waals surface area contributed by atoms with Crippen molar-refractivity contribution in [3.05, 3.63) is 98.7 Å². The summed E-state index contributed by atoms with van der Waals surface area (Å²) in [6.45, 7) is 4.69. The predicted octanol–water partition coefficient (Wildman–Crippen LogP) is 5.50.